The smallest absolute Gasteiger partial charge is 0.326 e. The fourth-order valence-electron chi connectivity index (χ4n) is 1.52. The van der Waals surface area contributed by atoms with Crippen molar-refractivity contribution in [1.82, 2.24) is 9.44 Å². The SMILES string of the molecule is O=C(O)C(NS(=O)(=O)NC1CC1)c1ccccc1. The lowest BCUT2D eigenvalue weighted by Crippen LogP contribution is -2.42. The molecule has 98 valence electrons. The van der Waals surface area contributed by atoms with Crippen LogP contribution in [-0.4, -0.2) is 25.5 Å². The van der Waals surface area contributed by atoms with Crippen molar-refractivity contribution < 1.29 is 18.3 Å². The lowest BCUT2D eigenvalue weighted by atomic mass is 10.1. The molecule has 1 aliphatic rings. The Kier molecular flexibility index (Phi) is 3.65. The predicted molar refractivity (Wildman–Crippen MR) is 65.0 cm³/mol. The summed E-state index contributed by atoms with van der Waals surface area (Å²) in [6, 6.07) is 6.85. The quantitative estimate of drug-likeness (QED) is 0.697. The van der Waals surface area contributed by atoms with Crippen LogP contribution < -0.4 is 9.44 Å². The maximum atomic E-state index is 11.7. The molecule has 1 atom stereocenters. The number of rotatable bonds is 6. The lowest BCUT2D eigenvalue weighted by molar-refractivity contribution is -0.139. The van der Waals surface area contributed by atoms with Gasteiger partial charge in [-0.1, -0.05) is 30.3 Å². The number of hydrogen-bond donors (Lipinski definition) is 3. The Morgan fingerprint density at radius 2 is 1.89 bits per heavy atom. The molecule has 0 aromatic heterocycles. The van der Waals surface area contributed by atoms with Gasteiger partial charge in [-0.3, -0.25) is 4.79 Å². The molecule has 0 spiro atoms. The van der Waals surface area contributed by atoms with E-state index in [1.807, 2.05) is 0 Å². The van der Waals surface area contributed by atoms with Crippen molar-refractivity contribution in [2.45, 2.75) is 24.9 Å². The molecule has 1 unspecified atom stereocenters. The highest BCUT2D eigenvalue weighted by atomic mass is 32.2. The van der Waals surface area contributed by atoms with Gasteiger partial charge in [0.1, 0.15) is 6.04 Å². The van der Waals surface area contributed by atoms with Crippen molar-refractivity contribution in [1.29, 1.82) is 0 Å². The van der Waals surface area contributed by atoms with Crippen LogP contribution in [0.15, 0.2) is 30.3 Å². The van der Waals surface area contributed by atoms with E-state index < -0.39 is 22.2 Å². The van der Waals surface area contributed by atoms with Gasteiger partial charge in [-0.05, 0) is 18.4 Å². The number of nitrogens with one attached hydrogen (secondary N) is 2. The maximum Gasteiger partial charge on any atom is 0.326 e. The van der Waals surface area contributed by atoms with Gasteiger partial charge in [-0.2, -0.15) is 17.9 Å². The minimum atomic E-state index is -3.79. The van der Waals surface area contributed by atoms with Gasteiger partial charge in [0.25, 0.3) is 10.2 Å². The fourth-order valence-corrected chi connectivity index (χ4v) is 2.81. The summed E-state index contributed by atoms with van der Waals surface area (Å²) in [4.78, 5) is 11.1. The number of aliphatic carboxylic acids is 1. The van der Waals surface area contributed by atoms with E-state index in [2.05, 4.69) is 9.44 Å². The molecule has 1 fully saturated rings. The Hall–Kier alpha value is -1.44. The van der Waals surface area contributed by atoms with Crippen LogP contribution in [0.1, 0.15) is 24.4 Å². The standard InChI is InChI=1S/C11H14N2O4S/c14-11(15)10(8-4-2-1-3-5-8)13-18(16,17)12-9-6-7-9/h1-5,9-10,12-13H,6-7H2,(H,14,15). The number of hydrogen-bond acceptors (Lipinski definition) is 3. The van der Waals surface area contributed by atoms with E-state index in [9.17, 15) is 13.2 Å². The van der Waals surface area contributed by atoms with Crippen LogP contribution in [0.5, 0.6) is 0 Å². The fraction of sp³-hybridized carbons (Fsp3) is 0.364. The van der Waals surface area contributed by atoms with Crippen molar-refractivity contribution in [2.75, 3.05) is 0 Å². The first-order valence-corrected chi connectivity index (χ1v) is 7.03. The van der Waals surface area contributed by atoms with E-state index in [4.69, 9.17) is 5.11 Å². The van der Waals surface area contributed by atoms with Gasteiger partial charge in [0.2, 0.25) is 0 Å². The summed E-state index contributed by atoms with van der Waals surface area (Å²) in [5, 5.41) is 9.09. The molecule has 3 N–H and O–H groups in total. The van der Waals surface area contributed by atoms with Crippen molar-refractivity contribution in [3.63, 3.8) is 0 Å². The average Bonchev–Trinajstić information content (AvgIpc) is 3.10. The zero-order valence-electron chi connectivity index (χ0n) is 9.54. The monoisotopic (exact) mass is 270 g/mol. The van der Waals surface area contributed by atoms with Gasteiger partial charge in [-0.25, -0.2) is 0 Å². The predicted octanol–water partition coefficient (Wildman–Crippen LogP) is 0.399. The Morgan fingerprint density at radius 1 is 1.28 bits per heavy atom. The van der Waals surface area contributed by atoms with E-state index in [0.717, 1.165) is 12.8 Å². The molecule has 1 saturated carbocycles. The van der Waals surface area contributed by atoms with Crippen LogP contribution in [0.4, 0.5) is 0 Å². The second-order valence-electron chi connectivity index (χ2n) is 4.20. The summed E-state index contributed by atoms with van der Waals surface area (Å²) in [7, 11) is -3.79. The molecule has 0 saturated heterocycles. The van der Waals surface area contributed by atoms with E-state index in [0.29, 0.717) is 5.56 Å². The van der Waals surface area contributed by atoms with Gasteiger partial charge >= 0.3 is 5.97 Å². The van der Waals surface area contributed by atoms with Crippen LogP contribution in [0.2, 0.25) is 0 Å². The molecule has 0 aliphatic heterocycles. The topological polar surface area (TPSA) is 95.5 Å². The third-order valence-corrected chi connectivity index (χ3v) is 3.74. The van der Waals surface area contributed by atoms with Gasteiger partial charge in [0.05, 0.1) is 0 Å². The molecular weight excluding hydrogens is 256 g/mol. The molecule has 0 radical (unpaired) electrons. The second-order valence-corrected chi connectivity index (χ2v) is 5.67. The molecular formula is C11H14N2O4S. The minimum Gasteiger partial charge on any atom is -0.480 e. The molecule has 0 amide bonds. The second kappa shape index (κ2) is 5.05. The third-order valence-electron chi connectivity index (χ3n) is 2.55. The van der Waals surface area contributed by atoms with Crippen molar-refractivity contribution in [3.8, 4) is 0 Å². The van der Waals surface area contributed by atoms with E-state index >= 15 is 0 Å². The van der Waals surface area contributed by atoms with Gasteiger partial charge in [0.15, 0.2) is 0 Å². The zero-order chi connectivity index (χ0) is 13.2. The van der Waals surface area contributed by atoms with Crippen LogP contribution >= 0.6 is 0 Å². The molecule has 0 bridgehead atoms. The summed E-state index contributed by atoms with van der Waals surface area (Å²) in [5.74, 6) is -1.23. The highest BCUT2D eigenvalue weighted by Crippen LogP contribution is 2.20. The molecule has 0 heterocycles. The van der Waals surface area contributed by atoms with Gasteiger partial charge in [0, 0.05) is 6.04 Å². The first kappa shape index (κ1) is 13.0. The molecule has 1 aromatic rings. The van der Waals surface area contributed by atoms with Crippen LogP contribution in [0.25, 0.3) is 0 Å². The molecule has 7 heteroatoms. The average molecular weight is 270 g/mol. The van der Waals surface area contributed by atoms with E-state index in [-0.39, 0.29) is 6.04 Å². The third kappa shape index (κ3) is 3.52. The summed E-state index contributed by atoms with van der Waals surface area (Å²) < 4.78 is 27.9. The Bertz CT molecular complexity index is 525. The minimum absolute atomic E-state index is 0.0623. The largest absolute Gasteiger partial charge is 0.480 e. The summed E-state index contributed by atoms with van der Waals surface area (Å²) in [5.41, 5.74) is 0.395. The molecule has 1 aromatic carbocycles. The van der Waals surface area contributed by atoms with Crippen LogP contribution in [0.3, 0.4) is 0 Å². The Labute approximate surface area is 105 Å². The molecule has 1 aliphatic carbocycles. The molecule has 2 rings (SSSR count). The number of carbonyl (C=O) groups is 1. The number of carboxylic acids is 1. The lowest BCUT2D eigenvalue weighted by Gasteiger charge is -2.15. The van der Waals surface area contributed by atoms with Crippen molar-refractivity contribution >= 4 is 16.2 Å². The Morgan fingerprint density at radius 3 is 2.39 bits per heavy atom. The first-order valence-electron chi connectivity index (χ1n) is 5.55. The summed E-state index contributed by atoms with van der Waals surface area (Å²) in [6.07, 6.45) is 1.59. The Balaban J connectivity index is 2.14. The highest BCUT2D eigenvalue weighted by molar-refractivity contribution is 7.87. The van der Waals surface area contributed by atoms with Crippen LogP contribution in [-0.2, 0) is 15.0 Å². The van der Waals surface area contributed by atoms with E-state index in [1.165, 1.54) is 0 Å². The van der Waals surface area contributed by atoms with Crippen molar-refractivity contribution in [2.24, 2.45) is 0 Å². The normalized spacial score (nSPS) is 17.3. The summed E-state index contributed by atoms with van der Waals surface area (Å²) in [6.45, 7) is 0. The summed E-state index contributed by atoms with van der Waals surface area (Å²) >= 11 is 0. The highest BCUT2D eigenvalue weighted by Gasteiger charge is 2.31. The number of carboxylic acid groups (broad SMARTS) is 1. The van der Waals surface area contributed by atoms with Gasteiger partial charge in [-0.15, -0.1) is 0 Å². The van der Waals surface area contributed by atoms with Crippen molar-refractivity contribution in [3.05, 3.63) is 35.9 Å². The van der Waals surface area contributed by atoms with E-state index in [1.54, 1.807) is 30.3 Å². The zero-order valence-corrected chi connectivity index (χ0v) is 10.4. The number of benzene rings is 1. The first-order chi connectivity index (χ1) is 8.48. The van der Waals surface area contributed by atoms with Crippen LogP contribution in [0, 0.1) is 0 Å². The maximum absolute atomic E-state index is 11.7. The molecule has 18 heavy (non-hydrogen) atoms. The molecule has 6 nitrogen and oxygen atoms in total. The van der Waals surface area contributed by atoms with Gasteiger partial charge < -0.3 is 5.11 Å².